The fraction of sp³-hybridized carbons (Fsp3) is 1.00. The number of hydrogen-bond donors (Lipinski definition) is 1. The molecule has 5 heteroatoms. The van der Waals surface area contributed by atoms with Gasteiger partial charge in [-0.1, -0.05) is 19.8 Å². The Labute approximate surface area is 107 Å². The zero-order chi connectivity index (χ0) is 13.8. The van der Waals surface area contributed by atoms with E-state index in [0.717, 1.165) is 25.7 Å². The minimum absolute atomic E-state index is 0.0135. The summed E-state index contributed by atoms with van der Waals surface area (Å²) in [6.07, 6.45) is -0.812. The Morgan fingerprint density at radius 2 is 2.06 bits per heavy atom. The molecule has 2 atom stereocenters. The SMILES string of the molecule is CC1CCCC(CO)(CN(C)CCC(F)(F)F)C1. The molecule has 0 aromatic rings. The lowest BCUT2D eigenvalue weighted by molar-refractivity contribution is -0.138. The lowest BCUT2D eigenvalue weighted by Crippen LogP contribution is -2.42. The van der Waals surface area contributed by atoms with Crippen LogP contribution in [0.1, 0.15) is 39.0 Å². The van der Waals surface area contributed by atoms with Crippen LogP contribution < -0.4 is 0 Å². The van der Waals surface area contributed by atoms with Crippen LogP contribution in [0.2, 0.25) is 0 Å². The minimum Gasteiger partial charge on any atom is -0.396 e. The molecule has 1 aliphatic carbocycles. The molecule has 0 heterocycles. The molecular weight excluding hydrogens is 243 g/mol. The molecule has 1 saturated carbocycles. The molecule has 0 aromatic heterocycles. The van der Waals surface area contributed by atoms with Crippen molar-refractivity contribution in [2.24, 2.45) is 11.3 Å². The van der Waals surface area contributed by atoms with Crippen LogP contribution in [0.5, 0.6) is 0 Å². The minimum atomic E-state index is -4.10. The summed E-state index contributed by atoms with van der Waals surface area (Å²) in [4.78, 5) is 1.71. The second-order valence-corrected chi connectivity index (χ2v) is 5.96. The van der Waals surface area contributed by atoms with Gasteiger partial charge in [0.1, 0.15) is 0 Å². The van der Waals surface area contributed by atoms with Crippen LogP contribution in [0.4, 0.5) is 13.2 Å². The van der Waals surface area contributed by atoms with Gasteiger partial charge >= 0.3 is 6.18 Å². The van der Waals surface area contributed by atoms with Gasteiger partial charge in [-0.25, -0.2) is 0 Å². The summed E-state index contributed by atoms with van der Waals surface area (Å²) in [5, 5.41) is 9.59. The molecule has 2 nitrogen and oxygen atoms in total. The van der Waals surface area contributed by atoms with Crippen molar-refractivity contribution in [1.82, 2.24) is 4.90 Å². The Hall–Kier alpha value is -0.290. The number of nitrogens with zero attached hydrogens (tertiary/aromatic N) is 1. The summed E-state index contributed by atoms with van der Waals surface area (Å²) < 4.78 is 36.5. The maximum absolute atomic E-state index is 12.2. The van der Waals surface area contributed by atoms with E-state index in [2.05, 4.69) is 6.92 Å². The van der Waals surface area contributed by atoms with Crippen LogP contribution in [0.15, 0.2) is 0 Å². The molecule has 0 aromatic carbocycles. The Kier molecular flexibility index (Phi) is 5.46. The van der Waals surface area contributed by atoms with Crippen molar-refractivity contribution in [2.75, 3.05) is 26.7 Å². The molecule has 2 unspecified atom stereocenters. The molecule has 1 N–H and O–H groups in total. The molecule has 0 amide bonds. The Bertz CT molecular complexity index is 257. The molecule has 0 radical (unpaired) electrons. The highest BCUT2D eigenvalue weighted by Gasteiger charge is 2.36. The zero-order valence-electron chi connectivity index (χ0n) is 11.3. The topological polar surface area (TPSA) is 23.5 Å². The van der Waals surface area contributed by atoms with Crippen molar-refractivity contribution in [3.63, 3.8) is 0 Å². The van der Waals surface area contributed by atoms with E-state index in [-0.39, 0.29) is 18.6 Å². The number of rotatable bonds is 5. The number of hydrogen-bond acceptors (Lipinski definition) is 2. The van der Waals surface area contributed by atoms with Crippen LogP contribution in [0, 0.1) is 11.3 Å². The largest absolute Gasteiger partial charge is 0.396 e. The van der Waals surface area contributed by atoms with Crippen LogP contribution in [-0.4, -0.2) is 42.9 Å². The maximum Gasteiger partial charge on any atom is 0.390 e. The molecule has 1 aliphatic rings. The van der Waals surface area contributed by atoms with Gasteiger partial charge < -0.3 is 10.0 Å². The van der Waals surface area contributed by atoms with Crippen molar-refractivity contribution in [2.45, 2.75) is 45.2 Å². The van der Waals surface area contributed by atoms with Crippen LogP contribution >= 0.6 is 0 Å². The van der Waals surface area contributed by atoms with E-state index in [1.165, 1.54) is 0 Å². The van der Waals surface area contributed by atoms with Crippen molar-refractivity contribution in [1.29, 1.82) is 0 Å². The van der Waals surface area contributed by atoms with Gasteiger partial charge in [-0.15, -0.1) is 0 Å². The number of halogens is 3. The molecule has 1 fully saturated rings. The normalized spacial score (nSPS) is 29.8. The first-order valence-electron chi connectivity index (χ1n) is 6.62. The summed E-state index contributed by atoms with van der Waals surface area (Å²) in [5.74, 6) is 0.557. The molecule has 0 bridgehead atoms. The Balaban J connectivity index is 2.46. The molecule has 0 aliphatic heterocycles. The highest BCUT2D eigenvalue weighted by molar-refractivity contribution is 4.87. The average molecular weight is 267 g/mol. The highest BCUT2D eigenvalue weighted by Crippen LogP contribution is 2.39. The third kappa shape index (κ3) is 5.14. The third-order valence-electron chi connectivity index (χ3n) is 3.90. The summed E-state index contributed by atoms with van der Waals surface area (Å²) >= 11 is 0. The van der Waals surface area contributed by atoms with Gasteiger partial charge in [-0.2, -0.15) is 13.2 Å². The van der Waals surface area contributed by atoms with Crippen molar-refractivity contribution < 1.29 is 18.3 Å². The smallest absolute Gasteiger partial charge is 0.390 e. The molecule has 108 valence electrons. The number of alkyl halides is 3. The summed E-state index contributed by atoms with van der Waals surface area (Å²) in [6, 6.07) is 0. The van der Waals surface area contributed by atoms with E-state index >= 15 is 0 Å². The van der Waals surface area contributed by atoms with Gasteiger partial charge in [-0.3, -0.25) is 0 Å². The highest BCUT2D eigenvalue weighted by atomic mass is 19.4. The average Bonchev–Trinajstić information content (AvgIpc) is 2.25. The second-order valence-electron chi connectivity index (χ2n) is 5.96. The fourth-order valence-corrected chi connectivity index (χ4v) is 3.08. The maximum atomic E-state index is 12.2. The van der Waals surface area contributed by atoms with Crippen LogP contribution in [0.25, 0.3) is 0 Å². The second kappa shape index (κ2) is 6.24. The van der Waals surface area contributed by atoms with Gasteiger partial charge in [0.25, 0.3) is 0 Å². The molecular formula is C13H24F3NO. The summed E-state index contributed by atoms with van der Waals surface area (Å²) in [6.45, 7) is 2.80. The van der Waals surface area contributed by atoms with E-state index in [1.54, 1.807) is 11.9 Å². The van der Waals surface area contributed by atoms with Crippen molar-refractivity contribution in [3.8, 4) is 0 Å². The lowest BCUT2D eigenvalue weighted by atomic mass is 9.70. The first-order chi connectivity index (χ1) is 8.26. The molecule has 1 rings (SSSR count). The van der Waals surface area contributed by atoms with Crippen molar-refractivity contribution >= 4 is 0 Å². The number of aliphatic hydroxyl groups is 1. The summed E-state index contributed by atoms with van der Waals surface area (Å²) in [5.41, 5.74) is -0.196. The predicted molar refractivity (Wildman–Crippen MR) is 65.3 cm³/mol. The molecule has 0 spiro atoms. The van der Waals surface area contributed by atoms with Crippen LogP contribution in [-0.2, 0) is 0 Å². The third-order valence-corrected chi connectivity index (χ3v) is 3.90. The van der Waals surface area contributed by atoms with Crippen molar-refractivity contribution in [3.05, 3.63) is 0 Å². The Morgan fingerprint density at radius 1 is 1.39 bits per heavy atom. The van der Waals surface area contributed by atoms with Gasteiger partial charge in [0.15, 0.2) is 0 Å². The Morgan fingerprint density at radius 3 is 2.56 bits per heavy atom. The standard InChI is InChI=1S/C13H24F3NO/c1-11-4-3-5-12(8-11,10-18)9-17(2)7-6-13(14,15)16/h11,18H,3-10H2,1-2H3. The summed E-state index contributed by atoms with van der Waals surface area (Å²) in [7, 11) is 1.71. The molecule has 0 saturated heterocycles. The first-order valence-corrected chi connectivity index (χ1v) is 6.62. The van der Waals surface area contributed by atoms with E-state index in [9.17, 15) is 18.3 Å². The van der Waals surface area contributed by atoms with Crippen LogP contribution in [0.3, 0.4) is 0 Å². The number of aliphatic hydroxyl groups excluding tert-OH is 1. The fourth-order valence-electron chi connectivity index (χ4n) is 3.08. The van der Waals surface area contributed by atoms with E-state index in [1.807, 2.05) is 0 Å². The van der Waals surface area contributed by atoms with Gasteiger partial charge in [-0.05, 0) is 25.8 Å². The van der Waals surface area contributed by atoms with Gasteiger partial charge in [0.2, 0.25) is 0 Å². The van der Waals surface area contributed by atoms with Gasteiger partial charge in [0, 0.05) is 25.1 Å². The van der Waals surface area contributed by atoms with E-state index in [0.29, 0.717) is 12.5 Å². The van der Waals surface area contributed by atoms with Gasteiger partial charge in [0.05, 0.1) is 6.42 Å². The first kappa shape index (κ1) is 15.8. The quantitative estimate of drug-likeness (QED) is 0.827. The lowest BCUT2D eigenvalue weighted by Gasteiger charge is -2.41. The monoisotopic (exact) mass is 267 g/mol. The zero-order valence-corrected chi connectivity index (χ0v) is 11.3. The molecule has 18 heavy (non-hydrogen) atoms. The van der Waals surface area contributed by atoms with E-state index < -0.39 is 12.6 Å². The predicted octanol–water partition coefficient (Wildman–Crippen LogP) is 3.06. The van der Waals surface area contributed by atoms with E-state index in [4.69, 9.17) is 0 Å².